The average molecular weight is 224 g/mol. The lowest BCUT2D eigenvalue weighted by Gasteiger charge is -2.04. The average Bonchev–Trinajstić information content (AvgIpc) is 2.51. The molecule has 2 rings (SSSR count). The quantitative estimate of drug-likeness (QED) is 0.759. The summed E-state index contributed by atoms with van der Waals surface area (Å²) in [5.41, 5.74) is 2.27. The van der Waals surface area contributed by atoms with E-state index in [4.69, 9.17) is 16.3 Å². The Morgan fingerprint density at radius 3 is 2.73 bits per heavy atom. The monoisotopic (exact) mass is 223 g/mol. The van der Waals surface area contributed by atoms with Gasteiger partial charge in [-0.3, -0.25) is 0 Å². The molecule has 0 saturated heterocycles. The molecule has 80 valence electrons. The second-order valence-corrected chi connectivity index (χ2v) is 3.90. The molecule has 0 unspecified atom stereocenters. The molecule has 0 atom stereocenters. The number of nitrogens with zero attached hydrogens (tertiary/aromatic N) is 1. The summed E-state index contributed by atoms with van der Waals surface area (Å²) in [6, 6.07) is 6.05. The highest BCUT2D eigenvalue weighted by Gasteiger charge is 2.11. The molecular formula is C12H14ClNO. The zero-order valence-corrected chi connectivity index (χ0v) is 9.93. The van der Waals surface area contributed by atoms with Crippen molar-refractivity contribution in [2.75, 3.05) is 7.11 Å². The van der Waals surface area contributed by atoms with Crippen molar-refractivity contribution in [3.63, 3.8) is 0 Å². The number of hydrogen-bond donors (Lipinski definition) is 0. The number of benzene rings is 1. The van der Waals surface area contributed by atoms with Crippen LogP contribution in [0.15, 0.2) is 18.2 Å². The summed E-state index contributed by atoms with van der Waals surface area (Å²) < 4.78 is 7.31. The maximum atomic E-state index is 6.25. The highest BCUT2D eigenvalue weighted by Crippen LogP contribution is 2.31. The zero-order valence-electron chi connectivity index (χ0n) is 9.17. The van der Waals surface area contributed by atoms with Crippen LogP contribution in [0.5, 0.6) is 5.75 Å². The van der Waals surface area contributed by atoms with Crippen LogP contribution in [0, 0.1) is 6.92 Å². The fourth-order valence-corrected chi connectivity index (χ4v) is 2.22. The van der Waals surface area contributed by atoms with E-state index in [9.17, 15) is 0 Å². The summed E-state index contributed by atoms with van der Waals surface area (Å²) in [7, 11) is 1.68. The lowest BCUT2D eigenvalue weighted by atomic mass is 10.2. The predicted octanol–water partition coefficient (Wildman–Crippen LogP) is 3.63. The van der Waals surface area contributed by atoms with Crippen molar-refractivity contribution in [1.29, 1.82) is 0 Å². The fraction of sp³-hybridized carbons (Fsp3) is 0.333. The van der Waals surface area contributed by atoms with Gasteiger partial charge in [0.25, 0.3) is 0 Å². The van der Waals surface area contributed by atoms with E-state index in [0.717, 1.165) is 28.5 Å². The standard InChI is InChI=1S/C12H14ClNO/c1-4-14-11-7-9(15-3)5-6-10(11)8(2)12(14)13/h5-7H,4H2,1-3H3. The maximum Gasteiger partial charge on any atom is 0.120 e. The van der Waals surface area contributed by atoms with Crippen molar-refractivity contribution in [3.05, 3.63) is 28.9 Å². The molecular weight excluding hydrogens is 210 g/mol. The number of methoxy groups -OCH3 is 1. The summed E-state index contributed by atoms with van der Waals surface area (Å²) in [5, 5.41) is 2.02. The van der Waals surface area contributed by atoms with Gasteiger partial charge in [-0.1, -0.05) is 11.6 Å². The Morgan fingerprint density at radius 1 is 1.40 bits per heavy atom. The van der Waals surface area contributed by atoms with Gasteiger partial charge in [-0.15, -0.1) is 0 Å². The van der Waals surface area contributed by atoms with E-state index in [1.807, 2.05) is 19.1 Å². The van der Waals surface area contributed by atoms with E-state index < -0.39 is 0 Å². The van der Waals surface area contributed by atoms with Crippen LogP contribution in [0.4, 0.5) is 0 Å². The lowest BCUT2D eigenvalue weighted by molar-refractivity contribution is 0.415. The normalized spacial score (nSPS) is 10.9. The molecule has 0 N–H and O–H groups in total. The van der Waals surface area contributed by atoms with E-state index in [1.54, 1.807) is 7.11 Å². The van der Waals surface area contributed by atoms with Crippen molar-refractivity contribution in [2.45, 2.75) is 20.4 Å². The van der Waals surface area contributed by atoms with Crippen LogP contribution in [0.25, 0.3) is 10.9 Å². The number of fused-ring (bicyclic) bond motifs is 1. The minimum atomic E-state index is 0.820. The Bertz CT molecular complexity index is 502. The van der Waals surface area contributed by atoms with Gasteiger partial charge >= 0.3 is 0 Å². The molecule has 0 amide bonds. The molecule has 2 aromatic rings. The third kappa shape index (κ3) is 1.49. The van der Waals surface area contributed by atoms with E-state index in [-0.39, 0.29) is 0 Å². The van der Waals surface area contributed by atoms with Crippen molar-refractivity contribution in [3.8, 4) is 5.75 Å². The summed E-state index contributed by atoms with van der Waals surface area (Å²) >= 11 is 6.25. The second-order valence-electron chi connectivity index (χ2n) is 3.54. The first-order valence-electron chi connectivity index (χ1n) is 5.01. The van der Waals surface area contributed by atoms with Gasteiger partial charge in [-0.25, -0.2) is 0 Å². The number of hydrogen-bond acceptors (Lipinski definition) is 1. The molecule has 0 saturated carbocycles. The molecule has 0 radical (unpaired) electrons. The largest absolute Gasteiger partial charge is 0.497 e. The summed E-state index contributed by atoms with van der Waals surface area (Å²) in [5.74, 6) is 0.867. The van der Waals surface area contributed by atoms with Crippen molar-refractivity contribution >= 4 is 22.5 Å². The highest BCUT2D eigenvalue weighted by molar-refractivity contribution is 6.32. The minimum Gasteiger partial charge on any atom is -0.497 e. The molecule has 1 aromatic heterocycles. The number of rotatable bonds is 2. The van der Waals surface area contributed by atoms with Gasteiger partial charge in [0.2, 0.25) is 0 Å². The van der Waals surface area contributed by atoms with Gasteiger partial charge in [0.15, 0.2) is 0 Å². The molecule has 0 fully saturated rings. The number of ether oxygens (including phenoxy) is 1. The Hall–Kier alpha value is -1.15. The molecule has 15 heavy (non-hydrogen) atoms. The van der Waals surface area contributed by atoms with E-state index in [0.29, 0.717) is 0 Å². The Kier molecular flexibility index (Phi) is 2.61. The highest BCUT2D eigenvalue weighted by atomic mass is 35.5. The van der Waals surface area contributed by atoms with Gasteiger partial charge in [0.05, 0.1) is 12.6 Å². The van der Waals surface area contributed by atoms with Gasteiger partial charge in [0, 0.05) is 18.0 Å². The first-order valence-corrected chi connectivity index (χ1v) is 5.39. The van der Waals surface area contributed by atoms with Crippen LogP contribution in [-0.2, 0) is 6.54 Å². The number of aryl methyl sites for hydroxylation is 2. The molecule has 0 aliphatic carbocycles. The number of aromatic nitrogens is 1. The first-order chi connectivity index (χ1) is 7.19. The third-order valence-electron chi connectivity index (χ3n) is 2.76. The van der Waals surface area contributed by atoms with Crippen LogP contribution < -0.4 is 4.74 Å². The second kappa shape index (κ2) is 3.78. The van der Waals surface area contributed by atoms with Crippen molar-refractivity contribution < 1.29 is 4.74 Å². The first kappa shape index (κ1) is 10.4. The SMILES string of the molecule is CCn1c(Cl)c(C)c2ccc(OC)cc21. The third-order valence-corrected chi connectivity index (χ3v) is 3.25. The molecule has 0 bridgehead atoms. The summed E-state index contributed by atoms with van der Waals surface area (Å²) in [4.78, 5) is 0. The topological polar surface area (TPSA) is 14.2 Å². The lowest BCUT2D eigenvalue weighted by Crippen LogP contribution is -1.93. The molecule has 0 spiro atoms. The van der Waals surface area contributed by atoms with Gasteiger partial charge in [0.1, 0.15) is 10.9 Å². The van der Waals surface area contributed by atoms with Gasteiger partial charge in [-0.2, -0.15) is 0 Å². The molecule has 0 aliphatic heterocycles. The van der Waals surface area contributed by atoms with E-state index >= 15 is 0 Å². The van der Waals surface area contributed by atoms with E-state index in [2.05, 4.69) is 17.6 Å². The van der Waals surface area contributed by atoms with Gasteiger partial charge in [-0.05, 0) is 31.5 Å². The predicted molar refractivity (Wildman–Crippen MR) is 63.9 cm³/mol. The molecule has 1 aromatic carbocycles. The van der Waals surface area contributed by atoms with Crippen molar-refractivity contribution in [2.24, 2.45) is 0 Å². The number of halogens is 1. The summed E-state index contributed by atoms with van der Waals surface area (Å²) in [6.07, 6.45) is 0. The van der Waals surface area contributed by atoms with Crippen LogP contribution in [0.1, 0.15) is 12.5 Å². The van der Waals surface area contributed by atoms with Gasteiger partial charge < -0.3 is 9.30 Å². The Labute approximate surface area is 94.4 Å². The summed E-state index contributed by atoms with van der Waals surface area (Å²) in [6.45, 7) is 5.00. The molecule has 0 aliphatic rings. The molecule has 3 heteroatoms. The molecule has 2 nitrogen and oxygen atoms in total. The van der Waals surface area contributed by atoms with Crippen LogP contribution in [-0.4, -0.2) is 11.7 Å². The Balaban J connectivity index is 2.80. The fourth-order valence-electron chi connectivity index (χ4n) is 1.91. The maximum absolute atomic E-state index is 6.25. The van der Waals surface area contributed by atoms with Crippen LogP contribution >= 0.6 is 11.6 Å². The smallest absolute Gasteiger partial charge is 0.120 e. The van der Waals surface area contributed by atoms with Crippen LogP contribution in [0.3, 0.4) is 0 Å². The van der Waals surface area contributed by atoms with Crippen molar-refractivity contribution in [1.82, 2.24) is 4.57 Å². The minimum absolute atomic E-state index is 0.820. The molecule has 1 heterocycles. The zero-order chi connectivity index (χ0) is 11.0. The Morgan fingerprint density at radius 2 is 2.13 bits per heavy atom. The van der Waals surface area contributed by atoms with E-state index in [1.165, 1.54) is 5.39 Å². The van der Waals surface area contributed by atoms with Crippen LogP contribution in [0.2, 0.25) is 5.15 Å².